The molecule has 2 heterocycles. The lowest BCUT2D eigenvalue weighted by atomic mass is 10.0. The minimum Gasteiger partial charge on any atom is -0.467 e. The Morgan fingerprint density at radius 2 is 1.97 bits per heavy atom. The molecule has 2 aromatic rings. The molecule has 0 bridgehead atoms. The van der Waals surface area contributed by atoms with E-state index in [2.05, 4.69) is 30.1 Å². The average Bonchev–Trinajstić information content (AvgIpc) is 3.60. The number of sulfonamides is 1. The molecule has 1 saturated carbocycles. The van der Waals surface area contributed by atoms with Crippen LogP contribution in [0.15, 0.2) is 47.8 Å². The predicted octanol–water partition coefficient (Wildman–Crippen LogP) is 3.59. The van der Waals surface area contributed by atoms with Gasteiger partial charge in [0.05, 0.1) is 29.3 Å². The molecule has 0 spiro atoms. The number of halogens is 3. The van der Waals surface area contributed by atoms with E-state index >= 15 is 0 Å². The van der Waals surface area contributed by atoms with E-state index in [1.807, 2.05) is 6.92 Å². The molecule has 0 radical (unpaired) electrons. The van der Waals surface area contributed by atoms with Crippen LogP contribution >= 0.6 is 11.8 Å². The summed E-state index contributed by atoms with van der Waals surface area (Å²) in [6.07, 6.45) is -0.176. The molecule has 3 N–H and O–H groups in total. The van der Waals surface area contributed by atoms with E-state index in [4.69, 9.17) is 0 Å². The Balaban J connectivity index is 1.35. The average molecular weight is 544 g/mol. The number of thioether (sulfide) groups is 1. The molecule has 2 unspecified atom stereocenters. The zero-order valence-corrected chi connectivity index (χ0v) is 20.7. The van der Waals surface area contributed by atoms with Gasteiger partial charge in [0.2, 0.25) is 21.8 Å². The molecule has 14 heteroatoms. The lowest BCUT2D eigenvalue weighted by Gasteiger charge is -2.20. The molecule has 9 nitrogen and oxygen atoms in total. The van der Waals surface area contributed by atoms with Crippen LogP contribution in [-0.2, 0) is 14.8 Å². The summed E-state index contributed by atoms with van der Waals surface area (Å²) < 4.78 is 68.7. The second-order valence-corrected chi connectivity index (χ2v) is 11.2. The highest BCUT2D eigenvalue weighted by atomic mass is 32.2. The number of anilines is 1. The van der Waals surface area contributed by atoms with Gasteiger partial charge in [0.1, 0.15) is 5.50 Å². The fourth-order valence-electron chi connectivity index (χ4n) is 3.44. The molecule has 4 rings (SSSR count). The summed E-state index contributed by atoms with van der Waals surface area (Å²) in [6.45, 7) is 0.389. The van der Waals surface area contributed by atoms with E-state index < -0.39 is 34.2 Å². The summed E-state index contributed by atoms with van der Waals surface area (Å²) in [5.41, 5.74) is 1.48. The van der Waals surface area contributed by atoms with Crippen LogP contribution in [0.3, 0.4) is 0 Å². The molecular weight excluding hydrogens is 519 g/mol. The number of nitrogens with one attached hydrogen (secondary N) is 3. The van der Waals surface area contributed by atoms with Crippen LogP contribution in [0, 0.1) is 5.92 Å². The Morgan fingerprint density at radius 3 is 2.61 bits per heavy atom. The van der Waals surface area contributed by atoms with E-state index in [1.54, 1.807) is 29.7 Å². The Bertz CT molecular complexity index is 1230. The maximum absolute atomic E-state index is 12.9. The number of amides is 1. The largest absolute Gasteiger partial charge is 0.467 e. The quantitative estimate of drug-likeness (QED) is 0.416. The van der Waals surface area contributed by atoms with Gasteiger partial charge in [0.25, 0.3) is 0 Å². The van der Waals surface area contributed by atoms with Crippen molar-refractivity contribution >= 4 is 33.4 Å². The van der Waals surface area contributed by atoms with Crippen LogP contribution in [0.25, 0.3) is 11.3 Å². The van der Waals surface area contributed by atoms with Crippen molar-refractivity contribution in [2.75, 3.05) is 11.9 Å². The van der Waals surface area contributed by atoms with Gasteiger partial charge in [0.15, 0.2) is 6.61 Å². The van der Waals surface area contributed by atoms with Crippen LogP contribution in [0.1, 0.15) is 26.2 Å². The first-order chi connectivity index (χ1) is 17.0. The maximum atomic E-state index is 12.9. The van der Waals surface area contributed by atoms with Crippen molar-refractivity contribution in [3.8, 4) is 17.1 Å². The van der Waals surface area contributed by atoms with E-state index in [9.17, 15) is 26.4 Å². The van der Waals surface area contributed by atoms with Crippen LogP contribution in [0.2, 0.25) is 0 Å². The van der Waals surface area contributed by atoms with Crippen molar-refractivity contribution in [1.82, 2.24) is 20.0 Å². The SMILES string of the molecule is CCC(C(=O)Nc1ccc(-c2cncc(OCC(F)(F)F)n2)cc1)C1=CSC(NS(=O)(=O)C2CC2)N1. The second kappa shape index (κ2) is 10.6. The monoisotopic (exact) mass is 543 g/mol. The molecule has 0 saturated heterocycles. The van der Waals surface area contributed by atoms with Crippen LogP contribution < -0.4 is 20.1 Å². The van der Waals surface area contributed by atoms with Crippen molar-refractivity contribution in [2.24, 2.45) is 5.92 Å². The molecule has 1 aliphatic carbocycles. The maximum Gasteiger partial charge on any atom is 0.422 e. The molecule has 1 amide bonds. The number of ether oxygens (including phenoxy) is 1. The molecule has 1 aromatic heterocycles. The zero-order valence-electron chi connectivity index (χ0n) is 19.1. The van der Waals surface area contributed by atoms with Gasteiger partial charge < -0.3 is 15.4 Å². The molecular formula is C22H24F3N5O4S2. The highest BCUT2D eigenvalue weighted by molar-refractivity contribution is 8.03. The van der Waals surface area contributed by atoms with Crippen LogP contribution in [0.4, 0.5) is 18.9 Å². The molecule has 194 valence electrons. The van der Waals surface area contributed by atoms with Gasteiger partial charge in [-0.05, 0) is 36.8 Å². The van der Waals surface area contributed by atoms with Crippen molar-refractivity contribution in [1.29, 1.82) is 0 Å². The summed E-state index contributed by atoms with van der Waals surface area (Å²) in [5.74, 6) is -1.03. The van der Waals surface area contributed by atoms with Gasteiger partial charge in [-0.1, -0.05) is 30.8 Å². The first kappa shape index (κ1) is 26.2. The number of hydrogen-bond acceptors (Lipinski definition) is 8. The Morgan fingerprint density at radius 1 is 1.25 bits per heavy atom. The number of benzene rings is 1. The second-order valence-electron chi connectivity index (χ2n) is 8.27. The highest BCUT2D eigenvalue weighted by Gasteiger charge is 2.38. The third kappa shape index (κ3) is 6.89. The number of hydrogen-bond donors (Lipinski definition) is 3. The predicted molar refractivity (Wildman–Crippen MR) is 129 cm³/mol. The van der Waals surface area contributed by atoms with Crippen molar-refractivity contribution in [3.63, 3.8) is 0 Å². The standard InChI is InChI=1S/C22H24F3N5O4S2/c1-2-16(18-11-35-21(29-18)30-36(32,33)15-7-8-15)20(31)27-14-5-3-13(4-6-14)17-9-26-10-19(28-17)34-12-22(23,24)25/h3-6,9-11,15-16,21,29-30H,2,7-8,12H2,1H3,(H,27,31). The van der Waals surface area contributed by atoms with E-state index in [-0.39, 0.29) is 17.0 Å². The lowest BCUT2D eigenvalue weighted by Crippen LogP contribution is -2.43. The van der Waals surface area contributed by atoms with Gasteiger partial charge in [-0.2, -0.15) is 17.9 Å². The van der Waals surface area contributed by atoms with Crippen LogP contribution in [0.5, 0.6) is 5.88 Å². The molecule has 1 aromatic carbocycles. The van der Waals surface area contributed by atoms with Gasteiger partial charge in [-0.15, -0.1) is 0 Å². The fourth-order valence-corrected chi connectivity index (χ4v) is 6.09. The zero-order chi connectivity index (χ0) is 25.9. The Hall–Kier alpha value is -2.84. The number of alkyl halides is 3. The topological polar surface area (TPSA) is 122 Å². The van der Waals surface area contributed by atoms with E-state index in [0.29, 0.717) is 41.9 Å². The molecule has 2 atom stereocenters. The van der Waals surface area contributed by atoms with E-state index in [0.717, 1.165) is 6.20 Å². The summed E-state index contributed by atoms with van der Waals surface area (Å²) in [4.78, 5) is 20.8. The number of carbonyl (C=O) groups is 1. The fraction of sp³-hybridized carbons (Fsp3) is 0.409. The first-order valence-corrected chi connectivity index (χ1v) is 13.6. The first-order valence-electron chi connectivity index (χ1n) is 11.1. The van der Waals surface area contributed by atoms with Gasteiger partial charge in [-0.3, -0.25) is 9.78 Å². The van der Waals surface area contributed by atoms with Gasteiger partial charge in [-0.25, -0.2) is 13.4 Å². The van der Waals surface area contributed by atoms with Crippen molar-refractivity contribution in [2.45, 2.75) is 43.1 Å². The third-order valence-electron chi connectivity index (χ3n) is 5.41. The highest BCUT2D eigenvalue weighted by Crippen LogP contribution is 2.31. The van der Waals surface area contributed by atoms with E-state index in [1.165, 1.54) is 18.0 Å². The summed E-state index contributed by atoms with van der Waals surface area (Å²) in [7, 11) is -3.37. The normalized spacial score (nSPS) is 18.8. The summed E-state index contributed by atoms with van der Waals surface area (Å²) in [6, 6.07) is 6.59. The number of carbonyl (C=O) groups excluding carboxylic acids is 1. The number of rotatable bonds is 10. The summed E-state index contributed by atoms with van der Waals surface area (Å²) in [5, 5.41) is 7.33. The van der Waals surface area contributed by atoms with Gasteiger partial charge in [0, 0.05) is 16.9 Å². The molecule has 1 fully saturated rings. The number of nitrogens with zero attached hydrogens (tertiary/aromatic N) is 2. The number of aromatic nitrogens is 2. The summed E-state index contributed by atoms with van der Waals surface area (Å²) >= 11 is 1.27. The Labute approximate surface area is 210 Å². The van der Waals surface area contributed by atoms with Crippen molar-refractivity contribution < 1.29 is 31.1 Å². The minimum absolute atomic E-state index is 0.249. The van der Waals surface area contributed by atoms with Crippen LogP contribution in [-0.4, -0.2) is 47.8 Å². The molecule has 1 aliphatic heterocycles. The third-order valence-corrected chi connectivity index (χ3v) is 8.37. The smallest absolute Gasteiger partial charge is 0.422 e. The molecule has 36 heavy (non-hydrogen) atoms. The van der Waals surface area contributed by atoms with Crippen molar-refractivity contribution in [3.05, 3.63) is 47.8 Å². The van der Waals surface area contributed by atoms with Gasteiger partial charge >= 0.3 is 6.18 Å². The Kier molecular flexibility index (Phi) is 7.76. The molecule has 2 aliphatic rings. The minimum atomic E-state index is -4.48. The lowest BCUT2D eigenvalue weighted by molar-refractivity contribution is -0.154.